The average molecular weight is 145 g/mol. The summed E-state index contributed by atoms with van der Waals surface area (Å²) in [4.78, 5) is 9.82. The van der Waals surface area contributed by atoms with E-state index in [9.17, 15) is 4.79 Å². The van der Waals surface area contributed by atoms with Crippen LogP contribution in [0.3, 0.4) is 0 Å². The van der Waals surface area contributed by atoms with Crippen molar-refractivity contribution in [1.29, 1.82) is 0 Å². The monoisotopic (exact) mass is 146 g/mol. The Hall–Kier alpha value is 0.0129. The van der Waals surface area contributed by atoms with Gasteiger partial charge in [-0.1, -0.05) is 0 Å². The summed E-state index contributed by atoms with van der Waals surface area (Å²) in [5, 5.41) is 0.856. The molecule has 0 saturated heterocycles. The van der Waals surface area contributed by atoms with Gasteiger partial charge in [-0.05, 0) is 0 Å². The topological polar surface area (TPSA) is 43.1 Å². The molecular weight excluding hydrogens is 139 g/mol. The van der Waals surface area contributed by atoms with Gasteiger partial charge in [0.2, 0.25) is 0 Å². The summed E-state index contributed by atoms with van der Waals surface area (Å²) in [6.45, 7) is 0. The Morgan fingerprint density at radius 2 is 2.33 bits per heavy atom. The molecule has 0 aliphatic heterocycles. The summed E-state index contributed by atoms with van der Waals surface area (Å²) in [5.41, 5.74) is 4.76. The van der Waals surface area contributed by atoms with Gasteiger partial charge in [0.15, 0.2) is 0 Å². The fourth-order valence-corrected chi connectivity index (χ4v) is 0.640. The van der Waals surface area contributed by atoms with Gasteiger partial charge in [0.25, 0.3) is 0 Å². The van der Waals surface area contributed by atoms with E-state index in [1.54, 1.807) is 0 Å². The molecule has 0 aromatic heterocycles. The number of amides is 1. The first-order chi connectivity index (χ1) is 2.77. The Morgan fingerprint density at radius 3 is 2.33 bits per heavy atom. The van der Waals surface area contributed by atoms with Crippen LogP contribution in [0, 0.1) is 0 Å². The van der Waals surface area contributed by atoms with Gasteiger partial charge in [-0.2, -0.15) is 0 Å². The van der Waals surface area contributed by atoms with Crippen LogP contribution in [0.1, 0.15) is 6.42 Å². The van der Waals surface area contributed by atoms with Crippen LogP contribution in [0.25, 0.3) is 0 Å². The molecule has 0 unspecified atom stereocenters. The van der Waals surface area contributed by atoms with Crippen LogP contribution in [0.2, 0.25) is 5.25 Å². The van der Waals surface area contributed by atoms with Crippen molar-refractivity contribution in [3.63, 3.8) is 0 Å². The van der Waals surface area contributed by atoms with Gasteiger partial charge in [0, 0.05) is 0 Å². The van der Waals surface area contributed by atoms with Crippen molar-refractivity contribution in [3.05, 3.63) is 0 Å². The minimum atomic E-state index is -0.211. The molecule has 0 spiro atoms. The van der Waals surface area contributed by atoms with Gasteiger partial charge >= 0.3 is 44.6 Å². The van der Waals surface area contributed by atoms with Crippen LogP contribution < -0.4 is 5.73 Å². The number of carbonyl (C=O) groups is 1. The molecule has 0 heterocycles. The second-order valence-electron chi connectivity index (χ2n) is 0.966. The third-order valence-corrected chi connectivity index (χ3v) is 0.896. The Bertz CT molecular complexity index is 54.8. The maximum absolute atomic E-state index is 9.82. The van der Waals surface area contributed by atoms with Crippen LogP contribution in [0.15, 0.2) is 0 Å². The van der Waals surface area contributed by atoms with E-state index in [2.05, 4.69) is 0 Å². The van der Waals surface area contributed by atoms with Gasteiger partial charge < -0.3 is 0 Å². The number of hydrogen-bond acceptors (Lipinski definition) is 1. The third-order valence-electron chi connectivity index (χ3n) is 0.371. The van der Waals surface area contributed by atoms with Crippen molar-refractivity contribution in [2.75, 3.05) is 0 Å². The molecule has 0 aliphatic rings. The zero-order valence-electron chi connectivity index (χ0n) is 3.40. The Morgan fingerprint density at radius 1 is 1.83 bits per heavy atom. The molecule has 0 aliphatic carbocycles. The molecule has 3 radical (unpaired) electrons. The molecule has 1 amide bonds. The van der Waals surface area contributed by atoms with Gasteiger partial charge in [-0.25, -0.2) is 0 Å². The van der Waals surface area contributed by atoms with Crippen LogP contribution in [0.4, 0.5) is 0 Å². The van der Waals surface area contributed by atoms with E-state index in [4.69, 9.17) is 5.73 Å². The van der Waals surface area contributed by atoms with Gasteiger partial charge in [-0.3, -0.25) is 0 Å². The molecule has 2 N–H and O–H groups in total. The molecule has 0 aromatic carbocycles. The second kappa shape index (κ2) is 3.21. The Balaban J connectivity index is 2.83. The van der Waals surface area contributed by atoms with Crippen molar-refractivity contribution in [1.82, 2.24) is 0 Å². The van der Waals surface area contributed by atoms with E-state index in [0.717, 1.165) is 5.25 Å². The van der Waals surface area contributed by atoms with E-state index < -0.39 is 0 Å². The molecule has 0 atom stereocenters. The molecule has 0 bridgehead atoms. The quantitative estimate of drug-likeness (QED) is 0.520. The SMILES string of the molecule is NC(=O)C[CH2][Ge]. The van der Waals surface area contributed by atoms with Gasteiger partial charge in [-0.15, -0.1) is 0 Å². The maximum atomic E-state index is 9.82. The molecule has 0 saturated carbocycles. The molecular formula is C3H6GeNO. The van der Waals surface area contributed by atoms with E-state index in [1.807, 2.05) is 16.5 Å². The van der Waals surface area contributed by atoms with Crippen LogP contribution in [-0.2, 0) is 4.79 Å². The summed E-state index contributed by atoms with van der Waals surface area (Å²) in [7, 11) is 0. The van der Waals surface area contributed by atoms with Gasteiger partial charge in [0.1, 0.15) is 0 Å². The van der Waals surface area contributed by atoms with E-state index in [0.29, 0.717) is 6.42 Å². The molecule has 2 nitrogen and oxygen atoms in total. The molecule has 0 aromatic rings. The number of rotatable bonds is 2. The Labute approximate surface area is 45.3 Å². The van der Waals surface area contributed by atoms with Crippen molar-refractivity contribution < 1.29 is 4.79 Å². The molecule has 6 heavy (non-hydrogen) atoms. The zero-order chi connectivity index (χ0) is 4.99. The third kappa shape index (κ3) is 4.01. The summed E-state index contributed by atoms with van der Waals surface area (Å²) in [6, 6.07) is 0. The van der Waals surface area contributed by atoms with Crippen molar-refractivity contribution in [2.45, 2.75) is 11.7 Å². The van der Waals surface area contributed by atoms with Crippen LogP contribution in [-0.4, -0.2) is 22.4 Å². The first kappa shape index (κ1) is 6.01. The summed E-state index contributed by atoms with van der Waals surface area (Å²) in [6.07, 6.45) is 0.514. The van der Waals surface area contributed by atoms with Crippen molar-refractivity contribution in [3.8, 4) is 0 Å². The van der Waals surface area contributed by atoms with E-state index >= 15 is 0 Å². The predicted molar refractivity (Wildman–Crippen MR) is 24.4 cm³/mol. The number of carbonyl (C=O) groups excluding carboxylic acids is 1. The standard InChI is InChI=1S/C3H6GeNO/c4-2-1-3(5)6/h1-2H2,(H2,5,6). The van der Waals surface area contributed by atoms with Crippen molar-refractivity contribution in [2.24, 2.45) is 5.73 Å². The Kier molecular flexibility index (Phi) is 3.22. The summed E-state index contributed by atoms with van der Waals surface area (Å²) < 4.78 is 0. The number of hydrogen-bond donors (Lipinski definition) is 1. The molecule has 3 heteroatoms. The van der Waals surface area contributed by atoms with Crippen LogP contribution >= 0.6 is 0 Å². The molecule has 0 rings (SSSR count). The number of nitrogens with two attached hydrogens (primary N) is 1. The molecule has 33 valence electrons. The zero-order valence-corrected chi connectivity index (χ0v) is 5.50. The summed E-state index contributed by atoms with van der Waals surface area (Å²) in [5.74, 6) is -0.211. The van der Waals surface area contributed by atoms with Crippen molar-refractivity contribution >= 4 is 22.4 Å². The minimum absolute atomic E-state index is 0.211. The fourth-order valence-electron chi connectivity index (χ4n) is 0.123. The summed E-state index contributed by atoms with van der Waals surface area (Å²) >= 11 is 1.92. The van der Waals surface area contributed by atoms with Gasteiger partial charge in [0.05, 0.1) is 0 Å². The van der Waals surface area contributed by atoms with E-state index in [-0.39, 0.29) is 5.91 Å². The predicted octanol–water partition coefficient (Wildman–Crippen LogP) is -0.551. The molecule has 0 fully saturated rings. The fraction of sp³-hybridized carbons (Fsp3) is 0.667. The first-order valence-electron chi connectivity index (χ1n) is 1.70. The second-order valence-corrected chi connectivity index (χ2v) is 2.02. The van der Waals surface area contributed by atoms with E-state index in [1.165, 1.54) is 0 Å². The first-order valence-corrected chi connectivity index (χ1v) is 3.18. The average Bonchev–Trinajstić information content (AvgIpc) is 1.35. The van der Waals surface area contributed by atoms with Crippen LogP contribution in [0.5, 0.6) is 0 Å². The number of primary amides is 1. The normalized spacial score (nSPS) is 8.17.